The fourth-order valence-corrected chi connectivity index (χ4v) is 3.90. The zero-order valence-corrected chi connectivity index (χ0v) is 20.7. The van der Waals surface area contributed by atoms with E-state index in [0.717, 1.165) is 17.4 Å². The number of benzene rings is 3. The van der Waals surface area contributed by atoms with Crippen molar-refractivity contribution in [2.24, 2.45) is 0 Å². The first-order chi connectivity index (χ1) is 17.2. The number of methoxy groups -OCH3 is 1. The van der Waals surface area contributed by atoms with E-state index >= 15 is 0 Å². The number of hydrogen-bond donors (Lipinski definition) is 1. The van der Waals surface area contributed by atoms with Crippen LogP contribution in [0.15, 0.2) is 84.9 Å². The number of carboxylic acids is 1. The van der Waals surface area contributed by atoms with Gasteiger partial charge in [0.2, 0.25) is 0 Å². The van der Waals surface area contributed by atoms with Gasteiger partial charge in [-0.2, -0.15) is 8.42 Å². The maximum atomic E-state index is 13.3. The minimum absolute atomic E-state index is 0.190. The van der Waals surface area contributed by atoms with Crippen LogP contribution >= 0.6 is 0 Å². The topological polar surface area (TPSA) is 110 Å². The van der Waals surface area contributed by atoms with E-state index in [2.05, 4.69) is 0 Å². The van der Waals surface area contributed by atoms with Crippen LogP contribution in [0.5, 0.6) is 5.75 Å². The monoisotopic (exact) mass is 509 g/mol. The third-order valence-corrected chi connectivity index (χ3v) is 5.72. The first-order valence-electron chi connectivity index (χ1n) is 11.0. The van der Waals surface area contributed by atoms with Crippen LogP contribution in [0.2, 0.25) is 0 Å². The molecule has 3 aromatic rings. The van der Waals surface area contributed by atoms with Gasteiger partial charge in [-0.15, -0.1) is 0 Å². The van der Waals surface area contributed by atoms with Crippen LogP contribution in [-0.4, -0.2) is 51.4 Å². The molecule has 36 heavy (non-hydrogen) atoms. The van der Waals surface area contributed by atoms with Crippen molar-refractivity contribution in [3.05, 3.63) is 102 Å². The number of ether oxygens (including phenoxy) is 1. The van der Waals surface area contributed by atoms with Gasteiger partial charge < -0.3 is 18.9 Å². The average molecular weight is 510 g/mol. The van der Waals surface area contributed by atoms with E-state index in [-0.39, 0.29) is 24.6 Å². The Morgan fingerprint density at radius 2 is 1.61 bits per heavy atom. The molecule has 8 nitrogen and oxygen atoms in total. The highest BCUT2D eigenvalue weighted by Gasteiger charge is 2.19. The number of carbonyl (C=O) groups is 2. The molecule has 9 heteroatoms. The molecule has 1 atom stereocenters. The van der Waals surface area contributed by atoms with E-state index in [0.29, 0.717) is 11.3 Å². The first-order valence-corrected chi connectivity index (χ1v) is 12.9. The lowest BCUT2D eigenvalue weighted by atomic mass is 10.1. The third kappa shape index (κ3) is 7.79. The summed E-state index contributed by atoms with van der Waals surface area (Å²) in [6.45, 7) is 0.268. The highest BCUT2D eigenvalue weighted by Crippen LogP contribution is 2.20. The molecule has 1 N–H and O–H groups in total. The number of carboxylic acid groups (broad SMARTS) is 1. The van der Waals surface area contributed by atoms with Crippen molar-refractivity contribution in [3.8, 4) is 5.75 Å². The minimum Gasteiger partial charge on any atom is -0.479 e. The maximum Gasteiger partial charge on any atom is 0.333 e. The predicted molar refractivity (Wildman–Crippen MR) is 138 cm³/mol. The zero-order chi connectivity index (χ0) is 26.1. The van der Waals surface area contributed by atoms with Crippen molar-refractivity contribution in [2.75, 3.05) is 24.8 Å². The lowest BCUT2D eigenvalue weighted by Gasteiger charge is -2.22. The third-order valence-electron chi connectivity index (χ3n) is 5.22. The Kier molecular flexibility index (Phi) is 8.99. The lowest BCUT2D eigenvalue weighted by Crippen LogP contribution is -2.31. The molecule has 3 aromatic carbocycles. The SMILES string of the molecule is COC(Cc1ccc(N(CC=Cc2ccc(OS(C)(=O)=O)cc2)C(=O)c2ccccc2)cc1)C(=O)O. The number of nitrogens with zero attached hydrogens (tertiary/aromatic N) is 1. The van der Waals surface area contributed by atoms with Crippen LogP contribution in [0.3, 0.4) is 0 Å². The molecule has 0 spiro atoms. The van der Waals surface area contributed by atoms with E-state index in [1.54, 1.807) is 77.7 Å². The van der Waals surface area contributed by atoms with Crippen molar-refractivity contribution in [2.45, 2.75) is 12.5 Å². The summed E-state index contributed by atoms with van der Waals surface area (Å²) in [5.41, 5.74) is 2.76. The molecule has 0 aliphatic heterocycles. The second kappa shape index (κ2) is 12.1. The van der Waals surface area contributed by atoms with Gasteiger partial charge in [-0.05, 0) is 47.5 Å². The smallest absolute Gasteiger partial charge is 0.333 e. The fourth-order valence-electron chi connectivity index (χ4n) is 3.44. The van der Waals surface area contributed by atoms with E-state index in [4.69, 9.17) is 8.92 Å². The summed E-state index contributed by atoms with van der Waals surface area (Å²) in [5.74, 6) is -1.01. The Morgan fingerprint density at radius 3 is 2.17 bits per heavy atom. The highest BCUT2D eigenvalue weighted by molar-refractivity contribution is 7.86. The van der Waals surface area contributed by atoms with Gasteiger partial charge in [0.25, 0.3) is 5.91 Å². The molecule has 0 aromatic heterocycles. The number of amides is 1. The number of rotatable bonds is 11. The highest BCUT2D eigenvalue weighted by atomic mass is 32.2. The molecule has 0 aliphatic carbocycles. The lowest BCUT2D eigenvalue weighted by molar-refractivity contribution is -0.148. The van der Waals surface area contributed by atoms with Crippen LogP contribution < -0.4 is 9.08 Å². The molecule has 0 saturated heterocycles. The first kappa shape index (κ1) is 26.7. The molecule has 0 aliphatic rings. The van der Waals surface area contributed by atoms with Crippen LogP contribution in [0, 0.1) is 0 Å². The van der Waals surface area contributed by atoms with Crippen molar-refractivity contribution in [3.63, 3.8) is 0 Å². The van der Waals surface area contributed by atoms with Gasteiger partial charge in [-0.1, -0.05) is 54.6 Å². The number of anilines is 1. The predicted octanol–water partition coefficient (Wildman–Crippen LogP) is 4.03. The van der Waals surface area contributed by atoms with Crippen molar-refractivity contribution >= 4 is 33.8 Å². The van der Waals surface area contributed by atoms with Crippen molar-refractivity contribution < 1.29 is 32.0 Å². The molecule has 0 heterocycles. The average Bonchev–Trinajstić information content (AvgIpc) is 2.86. The summed E-state index contributed by atoms with van der Waals surface area (Å²) in [4.78, 5) is 26.1. The molecule has 0 radical (unpaired) electrons. The molecule has 3 rings (SSSR count). The molecular weight excluding hydrogens is 482 g/mol. The summed E-state index contributed by atoms with van der Waals surface area (Å²) in [6.07, 6.45) is 3.88. The van der Waals surface area contributed by atoms with Gasteiger partial charge in [0.05, 0.1) is 6.26 Å². The van der Waals surface area contributed by atoms with E-state index in [1.807, 2.05) is 18.2 Å². The van der Waals surface area contributed by atoms with Crippen LogP contribution in [0.25, 0.3) is 6.08 Å². The van der Waals surface area contributed by atoms with Gasteiger partial charge in [-0.3, -0.25) is 4.79 Å². The normalized spacial score (nSPS) is 12.3. The summed E-state index contributed by atoms with van der Waals surface area (Å²) < 4.78 is 32.4. The molecule has 1 amide bonds. The van der Waals surface area contributed by atoms with Gasteiger partial charge in [0.1, 0.15) is 5.75 Å². The standard InChI is InChI=1S/C27H27NO7S/c1-34-25(27(30)31)19-21-10-14-23(15-11-21)28(26(29)22-8-4-3-5-9-22)18-6-7-20-12-16-24(17-13-20)35-36(2,32)33/h3-17,25H,18-19H2,1-2H3,(H,30,31). The quantitative estimate of drug-likeness (QED) is 0.389. The van der Waals surface area contributed by atoms with Crippen LogP contribution in [0.4, 0.5) is 5.69 Å². The molecule has 188 valence electrons. The fraction of sp³-hybridized carbons (Fsp3) is 0.185. The van der Waals surface area contributed by atoms with E-state index in [1.165, 1.54) is 7.11 Å². The summed E-state index contributed by atoms with van der Waals surface area (Å²) >= 11 is 0. The van der Waals surface area contributed by atoms with Crippen LogP contribution in [-0.2, 0) is 26.1 Å². The molecular formula is C27H27NO7S. The zero-order valence-electron chi connectivity index (χ0n) is 19.9. The second-order valence-corrected chi connectivity index (χ2v) is 9.55. The molecule has 0 fully saturated rings. The molecule has 1 unspecified atom stereocenters. The Hall–Kier alpha value is -3.95. The van der Waals surface area contributed by atoms with E-state index in [9.17, 15) is 23.1 Å². The summed E-state index contributed by atoms with van der Waals surface area (Å²) in [7, 11) is -2.25. The van der Waals surface area contributed by atoms with E-state index < -0.39 is 22.2 Å². The number of aliphatic carboxylic acids is 1. The summed E-state index contributed by atoms with van der Waals surface area (Å²) in [5, 5.41) is 9.21. The molecule has 0 bridgehead atoms. The maximum absolute atomic E-state index is 13.3. The minimum atomic E-state index is -3.60. The Balaban J connectivity index is 1.79. The number of hydrogen-bond acceptors (Lipinski definition) is 6. The Bertz CT molecular complexity index is 1300. The van der Waals surface area contributed by atoms with Gasteiger partial charge in [0.15, 0.2) is 6.10 Å². The second-order valence-electron chi connectivity index (χ2n) is 7.97. The van der Waals surface area contributed by atoms with Gasteiger partial charge in [0, 0.05) is 31.3 Å². The summed E-state index contributed by atoms with van der Waals surface area (Å²) in [6, 6.07) is 22.5. The Morgan fingerprint density at radius 1 is 0.972 bits per heavy atom. The van der Waals surface area contributed by atoms with Crippen LogP contribution in [0.1, 0.15) is 21.5 Å². The Labute approximate surface area is 210 Å². The van der Waals surface area contributed by atoms with Crippen molar-refractivity contribution in [1.29, 1.82) is 0 Å². The van der Waals surface area contributed by atoms with Crippen molar-refractivity contribution in [1.82, 2.24) is 0 Å². The largest absolute Gasteiger partial charge is 0.479 e. The van der Waals surface area contributed by atoms with Gasteiger partial charge in [-0.25, -0.2) is 4.79 Å². The molecule has 0 saturated carbocycles. The van der Waals surface area contributed by atoms with Gasteiger partial charge >= 0.3 is 16.1 Å². The number of carbonyl (C=O) groups excluding carboxylic acids is 1.